The summed E-state index contributed by atoms with van der Waals surface area (Å²) in [5.74, 6) is 1.65. The van der Waals surface area contributed by atoms with Crippen molar-refractivity contribution in [2.45, 2.75) is 5.75 Å². The van der Waals surface area contributed by atoms with Gasteiger partial charge in [0.25, 0.3) is 0 Å². The maximum Gasteiger partial charge on any atom is 0.236 e. The van der Waals surface area contributed by atoms with Crippen molar-refractivity contribution in [1.82, 2.24) is 10.1 Å². The normalized spacial score (nSPS) is 10.5. The second-order valence-corrected chi connectivity index (χ2v) is 6.59. The summed E-state index contributed by atoms with van der Waals surface area (Å²) in [5, 5.41) is 6.47. The van der Waals surface area contributed by atoms with Crippen LogP contribution >= 0.6 is 11.8 Å². The zero-order valence-electron chi connectivity index (χ0n) is 15.3. The molecule has 28 heavy (non-hydrogen) atoms. The maximum atomic E-state index is 13.5. The second-order valence-electron chi connectivity index (χ2n) is 5.60. The Morgan fingerprint density at radius 3 is 2.71 bits per heavy atom. The maximum absolute atomic E-state index is 13.5. The lowest BCUT2D eigenvalue weighted by Crippen LogP contribution is -2.15. The number of carbonyl (C=O) groups is 1. The molecule has 0 atom stereocenters. The summed E-state index contributed by atoms with van der Waals surface area (Å²) in [5.41, 5.74) is 0.872. The molecular weight excluding hydrogens is 385 g/mol. The van der Waals surface area contributed by atoms with Gasteiger partial charge in [0.05, 0.1) is 31.4 Å². The van der Waals surface area contributed by atoms with Gasteiger partial charge in [0.15, 0.2) is 11.5 Å². The van der Waals surface area contributed by atoms with Gasteiger partial charge in [0.2, 0.25) is 17.6 Å². The molecule has 146 valence electrons. The van der Waals surface area contributed by atoms with Crippen molar-refractivity contribution in [1.29, 1.82) is 0 Å². The summed E-state index contributed by atoms with van der Waals surface area (Å²) in [7, 11) is 3.11. The van der Waals surface area contributed by atoms with Gasteiger partial charge < -0.3 is 19.3 Å². The van der Waals surface area contributed by atoms with Crippen LogP contribution in [0.1, 0.15) is 5.89 Å². The molecular formula is C19H18FN3O4S. The number of ether oxygens (including phenoxy) is 2. The van der Waals surface area contributed by atoms with Crippen molar-refractivity contribution in [2.24, 2.45) is 0 Å². The molecule has 1 aromatic heterocycles. The fourth-order valence-corrected chi connectivity index (χ4v) is 3.04. The van der Waals surface area contributed by atoms with E-state index in [4.69, 9.17) is 14.0 Å². The molecule has 9 heteroatoms. The number of nitrogens with zero attached hydrogens (tertiary/aromatic N) is 2. The van der Waals surface area contributed by atoms with Crippen LogP contribution in [0.25, 0.3) is 11.4 Å². The number of benzene rings is 2. The van der Waals surface area contributed by atoms with Gasteiger partial charge in [-0.1, -0.05) is 17.3 Å². The highest BCUT2D eigenvalue weighted by atomic mass is 32.2. The minimum atomic E-state index is -0.475. The number of hydrogen-bond acceptors (Lipinski definition) is 7. The molecule has 0 radical (unpaired) electrons. The van der Waals surface area contributed by atoms with Crippen molar-refractivity contribution in [2.75, 3.05) is 25.3 Å². The van der Waals surface area contributed by atoms with Crippen LogP contribution < -0.4 is 14.8 Å². The Bertz CT molecular complexity index is 964. The van der Waals surface area contributed by atoms with Gasteiger partial charge in [0, 0.05) is 5.56 Å². The molecule has 1 amide bonds. The first kappa shape index (κ1) is 19.7. The van der Waals surface area contributed by atoms with Crippen LogP contribution in [0.15, 0.2) is 47.0 Å². The predicted octanol–water partition coefficient (Wildman–Crippen LogP) is 3.76. The third-order valence-electron chi connectivity index (χ3n) is 3.72. The van der Waals surface area contributed by atoms with E-state index in [1.54, 1.807) is 44.6 Å². The molecule has 0 fully saturated rings. The summed E-state index contributed by atoms with van der Waals surface area (Å²) < 4.78 is 29.2. The summed E-state index contributed by atoms with van der Waals surface area (Å²) in [6.45, 7) is 0. The molecule has 3 rings (SSSR count). The third-order valence-corrected chi connectivity index (χ3v) is 4.63. The monoisotopic (exact) mass is 403 g/mol. The van der Waals surface area contributed by atoms with Gasteiger partial charge in [0.1, 0.15) is 5.82 Å². The first-order valence-electron chi connectivity index (χ1n) is 8.28. The zero-order valence-corrected chi connectivity index (χ0v) is 16.1. The number of carbonyl (C=O) groups excluding carboxylic acids is 1. The number of methoxy groups -OCH3 is 2. The average molecular weight is 403 g/mol. The molecule has 0 aliphatic heterocycles. The van der Waals surface area contributed by atoms with E-state index in [9.17, 15) is 9.18 Å². The second kappa shape index (κ2) is 9.23. The number of anilines is 1. The fraction of sp³-hybridized carbons (Fsp3) is 0.211. The summed E-state index contributed by atoms with van der Waals surface area (Å²) in [6, 6.07) is 11.3. The molecule has 7 nitrogen and oxygen atoms in total. The van der Waals surface area contributed by atoms with Crippen LogP contribution in [-0.4, -0.2) is 36.0 Å². The Kier molecular flexibility index (Phi) is 6.49. The van der Waals surface area contributed by atoms with Crippen molar-refractivity contribution < 1.29 is 23.2 Å². The molecule has 3 aromatic rings. The average Bonchev–Trinajstić information content (AvgIpc) is 3.18. The quantitative estimate of drug-likeness (QED) is 0.613. The fourth-order valence-electron chi connectivity index (χ4n) is 2.39. The van der Waals surface area contributed by atoms with Gasteiger partial charge in [-0.15, -0.1) is 11.8 Å². The van der Waals surface area contributed by atoms with Gasteiger partial charge in [-0.2, -0.15) is 4.98 Å². The zero-order chi connectivity index (χ0) is 19.9. The first-order valence-corrected chi connectivity index (χ1v) is 9.43. The van der Waals surface area contributed by atoms with Crippen molar-refractivity contribution in [3.63, 3.8) is 0 Å². The topological polar surface area (TPSA) is 86.5 Å². The van der Waals surface area contributed by atoms with E-state index in [-0.39, 0.29) is 17.3 Å². The minimum Gasteiger partial charge on any atom is -0.493 e. The lowest BCUT2D eigenvalue weighted by molar-refractivity contribution is -0.113. The number of amides is 1. The molecule has 0 unspecified atom stereocenters. The molecule has 0 aliphatic rings. The van der Waals surface area contributed by atoms with Crippen LogP contribution in [0, 0.1) is 5.82 Å². The van der Waals surface area contributed by atoms with Crippen LogP contribution in [-0.2, 0) is 10.5 Å². The largest absolute Gasteiger partial charge is 0.493 e. The van der Waals surface area contributed by atoms with E-state index in [2.05, 4.69) is 15.5 Å². The number of aromatic nitrogens is 2. The van der Waals surface area contributed by atoms with Crippen molar-refractivity contribution >= 4 is 23.4 Å². The highest BCUT2D eigenvalue weighted by molar-refractivity contribution is 7.99. The van der Waals surface area contributed by atoms with E-state index in [1.165, 1.54) is 23.9 Å². The van der Waals surface area contributed by atoms with Crippen LogP contribution in [0.3, 0.4) is 0 Å². The SMILES string of the molecule is COc1ccc(-c2noc(CSCC(=O)Nc3ccccc3F)n2)cc1OC. The van der Waals surface area contributed by atoms with Crippen LogP contribution in [0.2, 0.25) is 0 Å². The van der Waals surface area contributed by atoms with Crippen LogP contribution in [0.5, 0.6) is 11.5 Å². The number of nitrogens with one attached hydrogen (secondary N) is 1. The van der Waals surface area contributed by atoms with Crippen molar-refractivity contribution in [3.8, 4) is 22.9 Å². The van der Waals surface area contributed by atoms with Gasteiger partial charge >= 0.3 is 0 Å². The Hall–Kier alpha value is -3.07. The molecule has 2 aromatic carbocycles. The Labute approximate surface area is 165 Å². The Morgan fingerprint density at radius 2 is 1.96 bits per heavy atom. The van der Waals surface area contributed by atoms with E-state index < -0.39 is 5.82 Å². The molecule has 1 N–H and O–H groups in total. The van der Waals surface area contributed by atoms with E-state index in [0.29, 0.717) is 29.0 Å². The van der Waals surface area contributed by atoms with Gasteiger partial charge in [-0.25, -0.2) is 4.39 Å². The van der Waals surface area contributed by atoms with Crippen LogP contribution in [0.4, 0.5) is 10.1 Å². The van der Waals surface area contributed by atoms with E-state index in [1.807, 2.05) is 0 Å². The highest BCUT2D eigenvalue weighted by Crippen LogP contribution is 2.31. The Morgan fingerprint density at radius 1 is 1.18 bits per heavy atom. The van der Waals surface area contributed by atoms with Crippen molar-refractivity contribution in [3.05, 3.63) is 54.2 Å². The number of para-hydroxylation sites is 1. The number of halogens is 1. The summed E-state index contributed by atoms with van der Waals surface area (Å²) in [4.78, 5) is 16.2. The number of hydrogen-bond donors (Lipinski definition) is 1. The Balaban J connectivity index is 1.55. The molecule has 0 bridgehead atoms. The molecule has 0 spiro atoms. The number of rotatable bonds is 8. The molecule has 0 saturated carbocycles. The standard InChI is InChI=1S/C19H18FN3O4S/c1-25-15-8-7-12(9-16(15)26-2)19-22-18(27-23-19)11-28-10-17(24)21-14-6-4-3-5-13(14)20/h3-9H,10-11H2,1-2H3,(H,21,24). The molecule has 1 heterocycles. The highest BCUT2D eigenvalue weighted by Gasteiger charge is 2.13. The molecule has 0 saturated heterocycles. The smallest absolute Gasteiger partial charge is 0.236 e. The lowest BCUT2D eigenvalue weighted by Gasteiger charge is -2.07. The minimum absolute atomic E-state index is 0.127. The third kappa shape index (κ3) is 4.80. The first-order chi connectivity index (χ1) is 13.6. The summed E-state index contributed by atoms with van der Waals surface area (Å²) >= 11 is 1.29. The number of thioether (sulfide) groups is 1. The van der Waals surface area contributed by atoms with Gasteiger partial charge in [-0.05, 0) is 30.3 Å². The van der Waals surface area contributed by atoms with E-state index in [0.717, 1.165) is 5.56 Å². The van der Waals surface area contributed by atoms with Gasteiger partial charge in [-0.3, -0.25) is 4.79 Å². The molecule has 0 aliphatic carbocycles. The van der Waals surface area contributed by atoms with E-state index >= 15 is 0 Å². The predicted molar refractivity (Wildman–Crippen MR) is 104 cm³/mol. The summed E-state index contributed by atoms with van der Waals surface area (Å²) in [6.07, 6.45) is 0. The lowest BCUT2D eigenvalue weighted by atomic mass is 10.2.